The van der Waals surface area contributed by atoms with Crippen molar-refractivity contribution >= 4 is 91.8 Å². The maximum Gasteiger partial charge on any atom is 0.273 e. The zero-order chi connectivity index (χ0) is 42.9. The van der Waals surface area contributed by atoms with Gasteiger partial charge in [-0.05, 0) is 123 Å². The molecule has 0 atom stereocenters. The molecule has 3 aliphatic heterocycles. The topological polar surface area (TPSA) is 11.4 Å². The fourth-order valence-corrected chi connectivity index (χ4v) is 12.2. The second-order valence-corrected chi connectivity index (χ2v) is 22.4. The molecular formula is C56H52BN3S2. The molecule has 4 heterocycles. The first-order valence-electron chi connectivity index (χ1n) is 22.0. The lowest BCUT2D eigenvalue weighted by atomic mass is 9.34. The van der Waals surface area contributed by atoms with Crippen LogP contribution in [0.25, 0.3) is 16.6 Å². The van der Waals surface area contributed by atoms with E-state index in [0.29, 0.717) is 0 Å². The van der Waals surface area contributed by atoms with Gasteiger partial charge in [-0.2, -0.15) is 0 Å². The summed E-state index contributed by atoms with van der Waals surface area (Å²) in [5, 5.41) is 1.26. The summed E-state index contributed by atoms with van der Waals surface area (Å²) in [4.78, 5) is 10.4. The number of fused-ring (bicyclic) bond motifs is 9. The van der Waals surface area contributed by atoms with Crippen LogP contribution in [-0.2, 0) is 16.2 Å². The van der Waals surface area contributed by atoms with Crippen LogP contribution in [0, 0.1) is 0 Å². The van der Waals surface area contributed by atoms with Crippen LogP contribution in [0.1, 0.15) is 79.0 Å². The quantitative estimate of drug-likeness (QED) is 0.164. The largest absolute Gasteiger partial charge is 0.318 e. The minimum absolute atomic E-state index is 0.0354. The van der Waals surface area contributed by atoms with Crippen LogP contribution in [0.4, 0.5) is 34.1 Å². The lowest BCUT2D eigenvalue weighted by Gasteiger charge is -2.44. The third-order valence-electron chi connectivity index (χ3n) is 13.1. The molecule has 7 aromatic carbocycles. The molecule has 62 heavy (non-hydrogen) atoms. The van der Waals surface area contributed by atoms with Gasteiger partial charge in [-0.1, -0.05) is 159 Å². The Kier molecular flexibility index (Phi) is 8.86. The van der Waals surface area contributed by atoms with Crippen molar-refractivity contribution in [1.29, 1.82) is 0 Å². The van der Waals surface area contributed by atoms with Gasteiger partial charge in [-0.15, -0.1) is 0 Å². The fourth-order valence-electron chi connectivity index (χ4n) is 9.84. The Hall–Kier alpha value is -5.56. The average Bonchev–Trinajstić information content (AvgIpc) is 3.60. The van der Waals surface area contributed by atoms with E-state index in [4.69, 9.17) is 0 Å². The number of anilines is 6. The predicted octanol–water partition coefficient (Wildman–Crippen LogP) is 14.2. The van der Waals surface area contributed by atoms with Crippen LogP contribution in [0.3, 0.4) is 0 Å². The van der Waals surface area contributed by atoms with Crippen LogP contribution < -0.4 is 26.3 Å². The van der Waals surface area contributed by atoms with Gasteiger partial charge in [0.05, 0.1) is 16.1 Å². The number of para-hydroxylation sites is 1. The molecule has 3 aliphatic rings. The van der Waals surface area contributed by atoms with Gasteiger partial charge >= 0.3 is 0 Å². The van der Waals surface area contributed by atoms with Crippen LogP contribution in [0.2, 0.25) is 0 Å². The van der Waals surface area contributed by atoms with Gasteiger partial charge in [0.1, 0.15) is 0 Å². The monoisotopic (exact) mass is 841 g/mol. The molecule has 0 saturated carbocycles. The van der Waals surface area contributed by atoms with E-state index in [-0.39, 0.29) is 23.0 Å². The molecule has 306 valence electrons. The summed E-state index contributed by atoms with van der Waals surface area (Å²) in [6, 6.07) is 57.8. The standard InChI is InChI=1S/C56H52BN3S2/c1-54(2,3)35-22-27-39(28-23-35)58-43-32-26-37(56(7,8)9)34-42(43)57-49-44(58)18-15-19-45(49)59(40-29-24-36(25-30-40)55(4,5)6)51-41-31-33-48-52(62-47-21-14-13-20-46(47)61-48)50(41)60(53(51)57)38-16-11-10-12-17-38/h10-34H,1-9H3. The molecule has 11 rings (SSSR count). The first kappa shape index (κ1) is 39.3. The zero-order valence-electron chi connectivity index (χ0n) is 37.2. The Morgan fingerprint density at radius 3 is 1.60 bits per heavy atom. The summed E-state index contributed by atoms with van der Waals surface area (Å²) >= 11 is 3.81. The van der Waals surface area contributed by atoms with Crippen molar-refractivity contribution in [3.8, 4) is 5.69 Å². The summed E-state index contributed by atoms with van der Waals surface area (Å²) in [7, 11) is 0. The van der Waals surface area contributed by atoms with Gasteiger partial charge in [0.15, 0.2) is 0 Å². The molecule has 1 aromatic heterocycles. The predicted molar refractivity (Wildman–Crippen MR) is 268 cm³/mol. The van der Waals surface area contributed by atoms with Crippen molar-refractivity contribution in [1.82, 2.24) is 4.57 Å². The van der Waals surface area contributed by atoms with Gasteiger partial charge in [-0.3, -0.25) is 0 Å². The maximum absolute atomic E-state index is 2.65. The van der Waals surface area contributed by atoms with Crippen LogP contribution >= 0.6 is 23.5 Å². The Morgan fingerprint density at radius 1 is 0.435 bits per heavy atom. The van der Waals surface area contributed by atoms with Crippen LogP contribution in [0.5, 0.6) is 0 Å². The molecule has 0 N–H and O–H groups in total. The molecule has 3 nitrogen and oxygen atoms in total. The van der Waals surface area contributed by atoms with Gasteiger partial charge in [0.25, 0.3) is 6.71 Å². The Labute approximate surface area is 376 Å². The third-order valence-corrected chi connectivity index (χ3v) is 15.7. The molecule has 0 spiro atoms. The Bertz CT molecular complexity index is 3070. The zero-order valence-corrected chi connectivity index (χ0v) is 38.8. The second-order valence-electron chi connectivity index (χ2n) is 20.3. The highest BCUT2D eigenvalue weighted by molar-refractivity contribution is 8.05. The van der Waals surface area contributed by atoms with Crippen molar-refractivity contribution in [3.63, 3.8) is 0 Å². The maximum atomic E-state index is 2.65. The fraction of sp³-hybridized carbons (Fsp3) is 0.214. The van der Waals surface area contributed by atoms with E-state index in [2.05, 4.69) is 228 Å². The SMILES string of the molecule is CC(C)(C)c1ccc(N2c3ccc(C(C)(C)C)cc3B3c4c2cccc4N(c2ccc(C(C)(C)C)cc2)c2c3n(-c3ccccc3)c3c4c(ccc23)Sc2ccccc2S4)cc1. The molecule has 0 bridgehead atoms. The highest BCUT2D eigenvalue weighted by Gasteiger charge is 2.47. The summed E-state index contributed by atoms with van der Waals surface area (Å²) in [6.45, 7) is 20.8. The molecule has 0 aliphatic carbocycles. The van der Waals surface area contributed by atoms with Gasteiger partial charge in [-0.25, -0.2) is 0 Å². The molecule has 0 saturated heterocycles. The van der Waals surface area contributed by atoms with E-state index in [1.54, 1.807) is 0 Å². The molecule has 6 heteroatoms. The van der Waals surface area contributed by atoms with Crippen molar-refractivity contribution in [2.24, 2.45) is 0 Å². The van der Waals surface area contributed by atoms with Crippen LogP contribution in [-0.4, -0.2) is 11.3 Å². The van der Waals surface area contributed by atoms with E-state index < -0.39 is 0 Å². The van der Waals surface area contributed by atoms with Crippen molar-refractivity contribution < 1.29 is 0 Å². The highest BCUT2D eigenvalue weighted by atomic mass is 32.2. The molecular weight excluding hydrogens is 790 g/mol. The van der Waals surface area contributed by atoms with E-state index in [1.807, 2.05) is 23.5 Å². The first-order chi connectivity index (χ1) is 29.7. The summed E-state index contributed by atoms with van der Waals surface area (Å²) < 4.78 is 2.65. The minimum atomic E-state index is -0.0551. The average molecular weight is 842 g/mol. The molecule has 0 fully saturated rings. The normalized spacial score (nSPS) is 14.3. The molecule has 0 amide bonds. The molecule has 0 unspecified atom stereocenters. The lowest BCUT2D eigenvalue weighted by Crippen LogP contribution is -2.63. The number of benzene rings is 7. The number of hydrogen-bond donors (Lipinski definition) is 0. The first-order valence-corrected chi connectivity index (χ1v) is 23.6. The number of rotatable bonds is 3. The van der Waals surface area contributed by atoms with Gasteiger partial charge in [0, 0.05) is 59.8 Å². The Balaban J connectivity index is 1.28. The van der Waals surface area contributed by atoms with Crippen molar-refractivity contribution in [3.05, 3.63) is 168 Å². The van der Waals surface area contributed by atoms with Crippen LogP contribution in [0.15, 0.2) is 171 Å². The minimum Gasteiger partial charge on any atom is -0.318 e. The van der Waals surface area contributed by atoms with Crippen molar-refractivity contribution in [2.45, 2.75) is 98.1 Å². The number of nitrogens with zero attached hydrogens (tertiary/aromatic N) is 3. The molecule has 0 radical (unpaired) electrons. The summed E-state index contributed by atoms with van der Waals surface area (Å²) in [6.07, 6.45) is 0. The lowest BCUT2D eigenvalue weighted by molar-refractivity contribution is 0.590. The van der Waals surface area contributed by atoms with E-state index >= 15 is 0 Å². The summed E-state index contributed by atoms with van der Waals surface area (Å²) in [5.74, 6) is 0. The Morgan fingerprint density at radius 2 is 0.984 bits per heavy atom. The molecule has 8 aromatic rings. The smallest absolute Gasteiger partial charge is 0.273 e. The van der Waals surface area contributed by atoms with Crippen molar-refractivity contribution in [2.75, 3.05) is 9.80 Å². The van der Waals surface area contributed by atoms with Gasteiger partial charge < -0.3 is 14.4 Å². The number of hydrogen-bond acceptors (Lipinski definition) is 4. The second kappa shape index (κ2) is 14.0. The van der Waals surface area contributed by atoms with E-state index in [0.717, 1.165) is 0 Å². The summed E-state index contributed by atoms with van der Waals surface area (Å²) in [5.41, 5.74) is 17.7. The highest BCUT2D eigenvalue weighted by Crippen LogP contribution is 2.54. The van der Waals surface area contributed by atoms with Gasteiger partial charge in [0.2, 0.25) is 0 Å². The third kappa shape index (κ3) is 6.12. The number of aromatic nitrogens is 1. The van der Waals surface area contributed by atoms with E-state index in [9.17, 15) is 0 Å². The van der Waals surface area contributed by atoms with E-state index in [1.165, 1.54) is 104 Å².